The standard InChI is InChI=1S/C22H26N2O2/c25-21(15-17-7-3-1-4-8-17)23-19-11-13-20(14-12-19)24-22(26)16-18-9-5-2-6-10-18/h1-10,19-20H,11-16H2,(H,23,25)(H,24,26). The van der Waals surface area contributed by atoms with Crippen LogP contribution in [0.25, 0.3) is 0 Å². The SMILES string of the molecule is O=C(Cc1ccccc1)NC1CCC(NC(=O)Cc2ccccc2)CC1. The predicted molar refractivity (Wildman–Crippen MR) is 103 cm³/mol. The lowest BCUT2D eigenvalue weighted by Crippen LogP contribution is -2.44. The fourth-order valence-electron chi connectivity index (χ4n) is 3.50. The number of amides is 2. The molecular formula is C22H26N2O2. The van der Waals surface area contributed by atoms with Crippen LogP contribution in [0.15, 0.2) is 60.7 Å². The first-order valence-corrected chi connectivity index (χ1v) is 9.35. The number of carbonyl (C=O) groups excluding carboxylic acids is 2. The molecule has 1 fully saturated rings. The molecule has 0 radical (unpaired) electrons. The minimum Gasteiger partial charge on any atom is -0.353 e. The molecule has 136 valence electrons. The molecule has 0 spiro atoms. The van der Waals surface area contributed by atoms with Crippen LogP contribution in [0.4, 0.5) is 0 Å². The summed E-state index contributed by atoms with van der Waals surface area (Å²) in [7, 11) is 0. The maximum absolute atomic E-state index is 12.2. The summed E-state index contributed by atoms with van der Waals surface area (Å²) in [6.45, 7) is 0. The molecule has 4 heteroatoms. The molecule has 2 aromatic rings. The number of rotatable bonds is 6. The van der Waals surface area contributed by atoms with E-state index >= 15 is 0 Å². The molecule has 2 N–H and O–H groups in total. The van der Waals surface area contributed by atoms with Crippen molar-refractivity contribution >= 4 is 11.8 Å². The third kappa shape index (κ3) is 5.73. The van der Waals surface area contributed by atoms with Crippen LogP contribution in [0.3, 0.4) is 0 Å². The Hall–Kier alpha value is -2.62. The number of nitrogens with one attached hydrogen (secondary N) is 2. The van der Waals surface area contributed by atoms with Gasteiger partial charge in [0.2, 0.25) is 11.8 Å². The minimum atomic E-state index is 0.0766. The second-order valence-electron chi connectivity index (χ2n) is 7.01. The van der Waals surface area contributed by atoms with E-state index in [9.17, 15) is 9.59 Å². The molecule has 0 unspecified atom stereocenters. The Bertz CT molecular complexity index is 644. The Morgan fingerprint density at radius 1 is 0.654 bits per heavy atom. The summed E-state index contributed by atoms with van der Waals surface area (Å²) in [6, 6.07) is 20.0. The van der Waals surface area contributed by atoms with E-state index in [0.29, 0.717) is 12.8 Å². The molecule has 0 aromatic heterocycles. The van der Waals surface area contributed by atoms with Crippen LogP contribution < -0.4 is 10.6 Å². The average molecular weight is 350 g/mol. The van der Waals surface area contributed by atoms with Crippen LogP contribution in [0.2, 0.25) is 0 Å². The van der Waals surface area contributed by atoms with Gasteiger partial charge in [0.25, 0.3) is 0 Å². The van der Waals surface area contributed by atoms with Gasteiger partial charge in [0.05, 0.1) is 12.8 Å². The lowest BCUT2D eigenvalue weighted by atomic mass is 9.90. The van der Waals surface area contributed by atoms with E-state index in [2.05, 4.69) is 10.6 Å². The molecule has 1 aliphatic rings. The van der Waals surface area contributed by atoms with Gasteiger partial charge in [-0.05, 0) is 36.8 Å². The van der Waals surface area contributed by atoms with Gasteiger partial charge < -0.3 is 10.6 Å². The molecule has 1 aliphatic carbocycles. The van der Waals surface area contributed by atoms with E-state index < -0.39 is 0 Å². The van der Waals surface area contributed by atoms with Crippen molar-refractivity contribution in [1.29, 1.82) is 0 Å². The van der Waals surface area contributed by atoms with Crippen molar-refractivity contribution in [1.82, 2.24) is 10.6 Å². The summed E-state index contributed by atoms with van der Waals surface area (Å²) >= 11 is 0. The van der Waals surface area contributed by atoms with Gasteiger partial charge >= 0.3 is 0 Å². The van der Waals surface area contributed by atoms with E-state index in [1.807, 2.05) is 60.7 Å². The quantitative estimate of drug-likeness (QED) is 0.841. The Morgan fingerprint density at radius 2 is 1.00 bits per heavy atom. The monoisotopic (exact) mass is 350 g/mol. The Balaban J connectivity index is 1.37. The second kappa shape index (κ2) is 9.18. The van der Waals surface area contributed by atoms with Crippen molar-refractivity contribution in [2.24, 2.45) is 0 Å². The Labute approximate surface area is 155 Å². The highest BCUT2D eigenvalue weighted by Gasteiger charge is 2.23. The van der Waals surface area contributed by atoms with Gasteiger partial charge in [0.1, 0.15) is 0 Å². The van der Waals surface area contributed by atoms with Crippen LogP contribution in [-0.2, 0) is 22.4 Å². The van der Waals surface area contributed by atoms with Crippen molar-refractivity contribution in [3.05, 3.63) is 71.8 Å². The summed E-state index contributed by atoms with van der Waals surface area (Å²) in [5, 5.41) is 6.26. The van der Waals surface area contributed by atoms with Crippen molar-refractivity contribution in [2.75, 3.05) is 0 Å². The van der Waals surface area contributed by atoms with E-state index in [1.165, 1.54) is 0 Å². The van der Waals surface area contributed by atoms with Crippen molar-refractivity contribution in [3.63, 3.8) is 0 Å². The molecule has 3 rings (SSSR count). The van der Waals surface area contributed by atoms with Gasteiger partial charge in [-0.15, -0.1) is 0 Å². The third-order valence-corrected chi connectivity index (χ3v) is 4.87. The molecular weight excluding hydrogens is 324 g/mol. The Morgan fingerprint density at radius 3 is 1.35 bits per heavy atom. The van der Waals surface area contributed by atoms with Crippen LogP contribution in [-0.4, -0.2) is 23.9 Å². The molecule has 0 heterocycles. The highest BCUT2D eigenvalue weighted by Crippen LogP contribution is 2.19. The fourth-order valence-corrected chi connectivity index (χ4v) is 3.50. The minimum absolute atomic E-state index is 0.0766. The van der Waals surface area contributed by atoms with Crippen LogP contribution >= 0.6 is 0 Å². The molecule has 0 aliphatic heterocycles. The number of hydrogen-bond donors (Lipinski definition) is 2. The lowest BCUT2D eigenvalue weighted by Gasteiger charge is -2.29. The predicted octanol–water partition coefficient (Wildman–Crippen LogP) is 3.02. The van der Waals surface area contributed by atoms with E-state index in [0.717, 1.165) is 36.8 Å². The zero-order valence-electron chi connectivity index (χ0n) is 15.0. The largest absolute Gasteiger partial charge is 0.353 e. The molecule has 2 amide bonds. The fraction of sp³-hybridized carbons (Fsp3) is 0.364. The number of carbonyl (C=O) groups is 2. The smallest absolute Gasteiger partial charge is 0.224 e. The average Bonchev–Trinajstić information content (AvgIpc) is 2.65. The summed E-state index contributed by atoms with van der Waals surface area (Å²) < 4.78 is 0. The molecule has 0 atom stereocenters. The van der Waals surface area contributed by atoms with Crippen LogP contribution in [0.1, 0.15) is 36.8 Å². The second-order valence-corrected chi connectivity index (χ2v) is 7.01. The van der Waals surface area contributed by atoms with Gasteiger partial charge in [0.15, 0.2) is 0 Å². The first kappa shape index (κ1) is 18.2. The van der Waals surface area contributed by atoms with Gasteiger partial charge in [-0.2, -0.15) is 0 Å². The van der Waals surface area contributed by atoms with Crippen molar-refractivity contribution in [2.45, 2.75) is 50.6 Å². The molecule has 4 nitrogen and oxygen atoms in total. The highest BCUT2D eigenvalue weighted by molar-refractivity contribution is 5.79. The first-order valence-electron chi connectivity index (χ1n) is 9.35. The zero-order chi connectivity index (χ0) is 18.2. The van der Waals surface area contributed by atoms with E-state index in [1.54, 1.807) is 0 Å². The summed E-state index contributed by atoms with van der Waals surface area (Å²) in [5.41, 5.74) is 2.07. The number of benzene rings is 2. The van der Waals surface area contributed by atoms with E-state index in [-0.39, 0.29) is 23.9 Å². The maximum Gasteiger partial charge on any atom is 0.224 e. The topological polar surface area (TPSA) is 58.2 Å². The van der Waals surface area contributed by atoms with Gasteiger partial charge in [-0.1, -0.05) is 60.7 Å². The van der Waals surface area contributed by atoms with E-state index in [4.69, 9.17) is 0 Å². The van der Waals surface area contributed by atoms with Crippen LogP contribution in [0, 0.1) is 0 Å². The summed E-state index contributed by atoms with van der Waals surface area (Å²) in [6.07, 6.45) is 4.50. The normalized spacial score (nSPS) is 19.5. The van der Waals surface area contributed by atoms with Crippen molar-refractivity contribution < 1.29 is 9.59 Å². The molecule has 0 bridgehead atoms. The first-order chi connectivity index (χ1) is 12.7. The molecule has 26 heavy (non-hydrogen) atoms. The third-order valence-electron chi connectivity index (χ3n) is 4.87. The van der Waals surface area contributed by atoms with Gasteiger partial charge in [-0.25, -0.2) is 0 Å². The van der Waals surface area contributed by atoms with Gasteiger partial charge in [-0.3, -0.25) is 9.59 Å². The maximum atomic E-state index is 12.2. The zero-order valence-corrected chi connectivity index (χ0v) is 15.0. The molecule has 1 saturated carbocycles. The molecule has 0 saturated heterocycles. The van der Waals surface area contributed by atoms with Gasteiger partial charge in [0, 0.05) is 12.1 Å². The summed E-state index contributed by atoms with van der Waals surface area (Å²) in [5.74, 6) is 0.153. The van der Waals surface area contributed by atoms with Crippen molar-refractivity contribution in [3.8, 4) is 0 Å². The Kier molecular flexibility index (Phi) is 6.42. The summed E-state index contributed by atoms with van der Waals surface area (Å²) in [4.78, 5) is 24.3. The number of hydrogen-bond acceptors (Lipinski definition) is 2. The highest BCUT2D eigenvalue weighted by atomic mass is 16.2. The van der Waals surface area contributed by atoms with Crippen LogP contribution in [0.5, 0.6) is 0 Å². The lowest BCUT2D eigenvalue weighted by molar-refractivity contribution is -0.123. The molecule has 2 aromatic carbocycles.